The number of nitrogens with two attached hydrogens (primary N) is 1. The highest BCUT2D eigenvalue weighted by atomic mass is 32.2. The number of fused-ring (bicyclic) bond motifs is 1. The number of aromatic nitrogens is 2. The Morgan fingerprint density at radius 2 is 1.92 bits per heavy atom. The highest BCUT2D eigenvalue weighted by Crippen LogP contribution is 2.44. The number of hydrogen-bond donors (Lipinski definition) is 4. The smallest absolute Gasteiger partial charge is 0.305 e. The second kappa shape index (κ2) is 17.3. The van der Waals surface area contributed by atoms with Gasteiger partial charge in [0, 0.05) is 27.5 Å². The fraction of sp³-hybridized carbons (Fsp3) is 0.583. The van der Waals surface area contributed by atoms with E-state index >= 15 is 0 Å². The lowest BCUT2D eigenvalue weighted by atomic mass is 9.93. The highest BCUT2D eigenvalue weighted by Gasteiger charge is 2.52. The van der Waals surface area contributed by atoms with Crippen molar-refractivity contribution < 1.29 is 27.1 Å². The fourth-order valence-corrected chi connectivity index (χ4v) is 8.47. The van der Waals surface area contributed by atoms with Crippen molar-refractivity contribution in [2.75, 3.05) is 18.4 Å². The van der Waals surface area contributed by atoms with E-state index in [-0.39, 0.29) is 44.8 Å². The molecule has 6 rings (SSSR count). The molecule has 3 aromatic rings. The first-order valence-corrected chi connectivity index (χ1v) is 20.8. The minimum absolute atomic E-state index is 0. The quantitative estimate of drug-likeness (QED) is 0.120. The van der Waals surface area contributed by atoms with Crippen LogP contribution >= 0.6 is 22.7 Å². The molecule has 1 saturated heterocycles. The largest absolute Gasteiger partial charge is 0.368 e. The molecule has 1 aliphatic heterocycles. The number of thiazole rings is 2. The number of nitrogens with zero attached hydrogens (tertiary/aromatic N) is 2. The Labute approximate surface area is 313 Å². The van der Waals surface area contributed by atoms with Gasteiger partial charge in [-0.1, -0.05) is 76.2 Å². The normalized spacial score (nSPS) is 20.6. The Kier molecular flexibility index (Phi) is 13.6. The maximum Gasteiger partial charge on any atom is 0.305 e. The third kappa shape index (κ3) is 11.5. The van der Waals surface area contributed by atoms with Crippen LogP contribution in [0.5, 0.6) is 0 Å². The number of amides is 3. The fourth-order valence-electron chi connectivity index (χ4n) is 5.50. The molecule has 5 N–H and O–H groups in total. The van der Waals surface area contributed by atoms with Crippen LogP contribution in [0.25, 0.3) is 10.2 Å². The van der Waals surface area contributed by atoms with Crippen molar-refractivity contribution in [3.05, 3.63) is 57.2 Å². The summed E-state index contributed by atoms with van der Waals surface area (Å²) in [7, 11) is -3.47. The summed E-state index contributed by atoms with van der Waals surface area (Å²) in [5, 5.41) is 5.76. The molecule has 3 atom stereocenters. The van der Waals surface area contributed by atoms with Gasteiger partial charge in [-0.3, -0.25) is 23.9 Å². The van der Waals surface area contributed by atoms with Gasteiger partial charge < -0.3 is 20.9 Å². The van der Waals surface area contributed by atoms with Crippen molar-refractivity contribution >= 4 is 65.8 Å². The van der Waals surface area contributed by atoms with Crippen LogP contribution in [0.2, 0.25) is 0 Å². The van der Waals surface area contributed by atoms with Crippen molar-refractivity contribution in [3.8, 4) is 0 Å². The van der Waals surface area contributed by atoms with E-state index in [1.54, 1.807) is 11.8 Å². The van der Waals surface area contributed by atoms with Gasteiger partial charge in [-0.05, 0) is 69.9 Å². The van der Waals surface area contributed by atoms with Gasteiger partial charge in [0.1, 0.15) is 6.04 Å². The third-order valence-electron chi connectivity index (χ3n) is 9.26. The standard InChI is InChI=1S/C15H25NO3S.C14H22N4O2S.C7H5NOS.3H2/c1-3-4-5-6-7-8-12-11-13(12)14(17)16-20(18,19)15(2)9-10-15;1-14(2,3)10-8-21-13(17-10)16-7-11(19)18-6-4-5-9(18)12(15)20;9-7-8-5-3-1-2-4-6(5)10-7;;;/h7-8,12-13H,3-6,9-11H2,1-2H3,(H,16,17);8-9H,4-7H2,1-3H3,(H2,15,20)(H,16,17);1-4H,(H,8,9);3*1H/b8-7-;;;;;/t12-,13+;9-;;;;/m10..../s1. The first-order chi connectivity index (χ1) is 24.0. The number of para-hydroxylation sites is 1. The number of H-pyrrole nitrogens is 1. The number of unbranched alkanes of at least 4 members (excludes halogenated alkanes) is 3. The molecular weight excluding hydrogens is 709 g/mol. The van der Waals surface area contributed by atoms with Gasteiger partial charge in [0.05, 0.1) is 27.2 Å². The predicted octanol–water partition coefficient (Wildman–Crippen LogP) is 6.41. The second-order valence-corrected chi connectivity index (χ2v) is 18.7. The number of benzene rings is 1. The Morgan fingerprint density at radius 3 is 2.55 bits per heavy atom. The molecule has 0 unspecified atom stereocenters. The van der Waals surface area contributed by atoms with Crippen LogP contribution in [0, 0.1) is 11.8 Å². The number of sulfonamides is 1. The summed E-state index contributed by atoms with van der Waals surface area (Å²) in [5.74, 6) is -0.761. The molecule has 3 fully saturated rings. The summed E-state index contributed by atoms with van der Waals surface area (Å²) in [6.07, 6.45) is 12.4. The summed E-state index contributed by atoms with van der Waals surface area (Å²) in [4.78, 5) is 54.9. The van der Waals surface area contributed by atoms with Gasteiger partial charge in [-0.2, -0.15) is 0 Å². The molecule has 3 amide bonds. The van der Waals surface area contributed by atoms with Crippen molar-refractivity contribution in [1.82, 2.24) is 19.6 Å². The number of nitrogens with one attached hydrogen (secondary N) is 3. The summed E-state index contributed by atoms with van der Waals surface area (Å²) < 4.78 is 26.5. The van der Waals surface area contributed by atoms with Crippen molar-refractivity contribution in [1.29, 1.82) is 0 Å². The average molecular weight is 767 g/mol. The second-order valence-electron chi connectivity index (χ2n) is 14.6. The molecule has 3 heterocycles. The van der Waals surface area contributed by atoms with Crippen LogP contribution in [-0.4, -0.2) is 64.9 Å². The predicted molar refractivity (Wildman–Crippen MR) is 212 cm³/mol. The number of allylic oxidation sites excluding steroid dienone is 2. The number of hydrogen-bond acceptors (Lipinski definition) is 10. The maximum atomic E-state index is 12.2. The monoisotopic (exact) mass is 766 g/mol. The van der Waals surface area contributed by atoms with Crippen LogP contribution in [0.15, 0.2) is 46.6 Å². The lowest BCUT2D eigenvalue weighted by Gasteiger charge is -2.22. The van der Waals surface area contributed by atoms with Gasteiger partial charge >= 0.3 is 4.87 Å². The zero-order valence-corrected chi connectivity index (χ0v) is 32.6. The van der Waals surface area contributed by atoms with Crippen LogP contribution in [0.1, 0.15) is 102 Å². The molecular formula is C36H58N6O6S3. The van der Waals surface area contributed by atoms with Crippen LogP contribution in [0.4, 0.5) is 5.13 Å². The van der Waals surface area contributed by atoms with Crippen LogP contribution in [0.3, 0.4) is 0 Å². The Bertz CT molecular complexity index is 1830. The van der Waals surface area contributed by atoms with E-state index in [4.69, 9.17) is 5.73 Å². The van der Waals surface area contributed by atoms with E-state index in [9.17, 15) is 27.6 Å². The molecule has 12 nitrogen and oxygen atoms in total. The zero-order chi connectivity index (χ0) is 37.4. The molecule has 0 radical (unpaired) electrons. The summed E-state index contributed by atoms with van der Waals surface area (Å²) in [6, 6.07) is 7.20. The molecule has 286 valence electrons. The van der Waals surface area contributed by atoms with E-state index in [2.05, 4.69) is 59.9 Å². The molecule has 0 bridgehead atoms. The Hall–Kier alpha value is -3.56. The first-order valence-electron chi connectivity index (χ1n) is 17.6. The maximum absolute atomic E-state index is 12.2. The van der Waals surface area contributed by atoms with Crippen molar-refractivity contribution in [3.63, 3.8) is 0 Å². The number of likely N-dealkylation sites (tertiary alicyclic amines) is 1. The number of carbonyl (C=O) groups excluding carboxylic acids is 3. The van der Waals surface area contributed by atoms with Gasteiger partial charge in [0.25, 0.3) is 0 Å². The molecule has 3 aliphatic rings. The van der Waals surface area contributed by atoms with Gasteiger partial charge in [-0.25, -0.2) is 13.4 Å². The topological polar surface area (TPSA) is 184 Å². The highest BCUT2D eigenvalue weighted by molar-refractivity contribution is 7.91. The number of anilines is 1. The molecule has 1 aromatic carbocycles. The van der Waals surface area contributed by atoms with E-state index in [0.717, 1.165) is 40.3 Å². The molecule has 2 aromatic heterocycles. The van der Waals surface area contributed by atoms with Gasteiger partial charge in [0.15, 0.2) is 5.13 Å². The molecule has 51 heavy (non-hydrogen) atoms. The summed E-state index contributed by atoms with van der Waals surface area (Å²) >= 11 is 2.72. The summed E-state index contributed by atoms with van der Waals surface area (Å²) in [5.41, 5.74) is 7.24. The number of carbonyl (C=O) groups is 3. The van der Waals surface area contributed by atoms with E-state index < -0.39 is 26.7 Å². The molecule has 2 saturated carbocycles. The van der Waals surface area contributed by atoms with E-state index in [1.807, 2.05) is 29.6 Å². The average Bonchev–Trinajstić information content (AvgIpc) is 3.78. The van der Waals surface area contributed by atoms with Crippen LogP contribution in [-0.2, 0) is 29.8 Å². The molecule has 2 aliphatic carbocycles. The van der Waals surface area contributed by atoms with Crippen LogP contribution < -0.4 is 20.6 Å². The Morgan fingerprint density at radius 1 is 1.20 bits per heavy atom. The molecule has 15 heteroatoms. The summed E-state index contributed by atoms with van der Waals surface area (Å²) in [6.45, 7) is 10.9. The number of primary amides is 1. The SMILES string of the molecule is CC(C)(C)c1csc(NCC(=O)N2CCC[C@H]2C(N)=O)n1.CCCCC/C=C\[C@@H]1C[C@@H]1C(=O)NS(=O)(=O)C1(C)CC1.O=c1[nH]c2ccccc2s1.[HH].[HH].[HH]. The third-order valence-corrected chi connectivity index (χ3v) is 13.1. The lowest BCUT2D eigenvalue weighted by molar-refractivity contribution is -0.135. The minimum Gasteiger partial charge on any atom is -0.368 e. The van der Waals surface area contributed by atoms with Gasteiger partial charge in [0.2, 0.25) is 27.7 Å². The zero-order valence-electron chi connectivity index (χ0n) is 30.2. The first kappa shape index (κ1) is 40.2. The Balaban J connectivity index is 0.000000414. The molecule has 0 spiro atoms. The van der Waals surface area contributed by atoms with Gasteiger partial charge in [-0.15, -0.1) is 11.3 Å². The van der Waals surface area contributed by atoms with Crippen molar-refractivity contribution in [2.24, 2.45) is 17.6 Å². The van der Waals surface area contributed by atoms with Crippen molar-refractivity contribution in [2.45, 2.75) is 109 Å². The lowest BCUT2D eigenvalue weighted by Crippen LogP contribution is -2.45. The van der Waals surface area contributed by atoms with E-state index in [0.29, 0.717) is 25.8 Å². The minimum atomic E-state index is -3.47. The number of aromatic amines is 1. The van der Waals surface area contributed by atoms with E-state index in [1.165, 1.54) is 41.9 Å². The number of rotatable bonds is 12.